The van der Waals surface area contributed by atoms with E-state index in [-0.39, 0.29) is 18.3 Å². The second-order valence-corrected chi connectivity index (χ2v) is 6.94. The van der Waals surface area contributed by atoms with Gasteiger partial charge in [-0.15, -0.1) is 23.7 Å². The molecule has 1 heterocycles. The Bertz CT molecular complexity index is 444. The zero-order valence-electron chi connectivity index (χ0n) is 13.3. The van der Waals surface area contributed by atoms with Gasteiger partial charge in [0, 0.05) is 17.8 Å². The summed E-state index contributed by atoms with van der Waals surface area (Å²) in [6, 6.07) is 0.329. The lowest BCUT2D eigenvalue weighted by Gasteiger charge is -2.28. The predicted molar refractivity (Wildman–Crippen MR) is 94.9 cm³/mol. The Morgan fingerprint density at radius 3 is 2.77 bits per heavy atom. The Labute approximate surface area is 143 Å². The van der Waals surface area contributed by atoms with Gasteiger partial charge in [0.2, 0.25) is 0 Å². The number of nitrogens with zero attached hydrogens (tertiary/aromatic N) is 1. The largest absolute Gasteiger partial charge is 0.348 e. The minimum absolute atomic E-state index is 0. The first-order valence-electron chi connectivity index (χ1n) is 8.18. The molecule has 1 aromatic rings. The summed E-state index contributed by atoms with van der Waals surface area (Å²) in [5, 5.41) is 5.93. The number of carbonyl (C=O) groups is 1. The topological polar surface area (TPSA) is 68.0 Å². The van der Waals surface area contributed by atoms with Crippen LogP contribution in [0.25, 0.3) is 0 Å². The molecule has 1 fully saturated rings. The van der Waals surface area contributed by atoms with Crippen molar-refractivity contribution in [1.29, 1.82) is 0 Å². The molecule has 3 N–H and O–H groups in total. The quantitative estimate of drug-likeness (QED) is 0.794. The Kier molecular flexibility index (Phi) is 8.98. The van der Waals surface area contributed by atoms with Gasteiger partial charge >= 0.3 is 0 Å². The normalized spacial score (nSPS) is 21.2. The highest BCUT2D eigenvalue weighted by atomic mass is 35.5. The smallest absolute Gasteiger partial charge is 0.270 e. The van der Waals surface area contributed by atoms with Crippen LogP contribution < -0.4 is 11.1 Å². The minimum atomic E-state index is -0.0217. The summed E-state index contributed by atoms with van der Waals surface area (Å²) in [6.45, 7) is 2.83. The number of hydrogen-bond acceptors (Lipinski definition) is 4. The van der Waals surface area contributed by atoms with Crippen LogP contribution in [0.5, 0.6) is 0 Å². The van der Waals surface area contributed by atoms with Crippen LogP contribution in [0.3, 0.4) is 0 Å². The van der Waals surface area contributed by atoms with Gasteiger partial charge < -0.3 is 11.1 Å². The van der Waals surface area contributed by atoms with Crippen LogP contribution in [0, 0.1) is 5.92 Å². The van der Waals surface area contributed by atoms with Gasteiger partial charge in [-0.1, -0.05) is 26.2 Å². The number of carbonyl (C=O) groups excluding carboxylic acids is 1. The number of thiazole rings is 1. The van der Waals surface area contributed by atoms with Gasteiger partial charge in [-0.05, 0) is 38.1 Å². The van der Waals surface area contributed by atoms with Crippen molar-refractivity contribution in [2.24, 2.45) is 11.7 Å². The van der Waals surface area contributed by atoms with E-state index in [0.717, 1.165) is 30.2 Å². The summed E-state index contributed by atoms with van der Waals surface area (Å²) in [6.07, 6.45) is 9.45. The fraction of sp³-hybridized carbons (Fsp3) is 0.750. The molecule has 0 atom stereocenters. The van der Waals surface area contributed by atoms with Gasteiger partial charge in [0.1, 0.15) is 5.69 Å². The molecule has 6 heteroatoms. The molecular formula is C16H28ClN3OS. The lowest BCUT2D eigenvalue weighted by Crippen LogP contribution is -2.37. The van der Waals surface area contributed by atoms with Crippen LogP contribution in [0.15, 0.2) is 5.38 Å². The Morgan fingerprint density at radius 2 is 2.14 bits per heavy atom. The molecule has 0 aromatic carbocycles. The zero-order chi connectivity index (χ0) is 15.1. The molecule has 1 aliphatic rings. The molecule has 126 valence electrons. The monoisotopic (exact) mass is 345 g/mol. The first-order valence-corrected chi connectivity index (χ1v) is 9.06. The van der Waals surface area contributed by atoms with Crippen molar-refractivity contribution < 1.29 is 4.79 Å². The first-order chi connectivity index (χ1) is 10.2. The van der Waals surface area contributed by atoms with E-state index in [1.807, 2.05) is 5.38 Å². The molecule has 1 aromatic heterocycles. The van der Waals surface area contributed by atoms with Crippen molar-refractivity contribution in [2.45, 2.75) is 64.3 Å². The molecule has 0 bridgehead atoms. The van der Waals surface area contributed by atoms with E-state index in [0.29, 0.717) is 18.3 Å². The Morgan fingerprint density at radius 1 is 1.41 bits per heavy atom. The summed E-state index contributed by atoms with van der Waals surface area (Å²) in [5.74, 6) is 0.847. The number of nitrogens with two attached hydrogens (primary N) is 1. The fourth-order valence-electron chi connectivity index (χ4n) is 3.00. The third kappa shape index (κ3) is 5.86. The maximum atomic E-state index is 12.2. The predicted octanol–water partition coefficient (Wildman–Crippen LogP) is 3.54. The van der Waals surface area contributed by atoms with Crippen molar-refractivity contribution in [2.75, 3.05) is 6.54 Å². The van der Waals surface area contributed by atoms with Gasteiger partial charge in [-0.25, -0.2) is 4.98 Å². The third-order valence-corrected chi connectivity index (χ3v) is 5.20. The van der Waals surface area contributed by atoms with Crippen LogP contribution in [-0.4, -0.2) is 23.5 Å². The highest BCUT2D eigenvalue weighted by Gasteiger charge is 2.23. The number of nitrogens with one attached hydrogen (secondary N) is 1. The number of unbranched alkanes of at least 4 members (excludes halogenated alkanes) is 1. The lowest BCUT2D eigenvalue weighted by atomic mass is 9.83. The highest BCUT2D eigenvalue weighted by Crippen LogP contribution is 2.28. The van der Waals surface area contributed by atoms with Gasteiger partial charge in [0.15, 0.2) is 0 Å². The summed E-state index contributed by atoms with van der Waals surface area (Å²) >= 11 is 1.52. The minimum Gasteiger partial charge on any atom is -0.348 e. The van der Waals surface area contributed by atoms with E-state index < -0.39 is 0 Å². The lowest BCUT2D eigenvalue weighted by molar-refractivity contribution is 0.0916. The van der Waals surface area contributed by atoms with Crippen molar-refractivity contribution in [3.05, 3.63) is 16.1 Å². The molecule has 22 heavy (non-hydrogen) atoms. The number of rotatable bonds is 7. The fourth-order valence-corrected chi connectivity index (χ4v) is 3.80. The van der Waals surface area contributed by atoms with E-state index in [2.05, 4.69) is 17.2 Å². The maximum Gasteiger partial charge on any atom is 0.270 e. The molecule has 0 unspecified atom stereocenters. The molecule has 4 nitrogen and oxygen atoms in total. The molecule has 1 saturated carbocycles. The average molecular weight is 346 g/mol. The van der Waals surface area contributed by atoms with E-state index >= 15 is 0 Å². The average Bonchev–Trinajstić information content (AvgIpc) is 2.96. The van der Waals surface area contributed by atoms with Gasteiger partial charge in [0.25, 0.3) is 5.91 Å². The standard InChI is InChI=1S/C16H27N3OS.ClH/c1-2-3-4-12-5-7-13(8-6-12)18-16(20)14-11-21-15(19-14)9-10-17;/h11-13H,2-10,17H2,1H3,(H,18,20);1H. The maximum absolute atomic E-state index is 12.2. The number of aromatic nitrogens is 1. The van der Waals surface area contributed by atoms with Crippen molar-refractivity contribution in [3.8, 4) is 0 Å². The third-order valence-electron chi connectivity index (χ3n) is 4.29. The highest BCUT2D eigenvalue weighted by molar-refractivity contribution is 7.09. The molecule has 0 spiro atoms. The molecule has 2 rings (SSSR count). The molecule has 0 saturated heterocycles. The number of halogens is 1. The van der Waals surface area contributed by atoms with E-state index in [9.17, 15) is 4.79 Å². The molecule has 1 amide bonds. The van der Waals surface area contributed by atoms with E-state index in [1.54, 1.807) is 0 Å². The van der Waals surface area contributed by atoms with Crippen LogP contribution in [0.4, 0.5) is 0 Å². The molecule has 0 aliphatic heterocycles. The molecule has 0 radical (unpaired) electrons. The Balaban J connectivity index is 0.00000242. The summed E-state index contributed by atoms with van der Waals surface area (Å²) in [4.78, 5) is 16.5. The summed E-state index contributed by atoms with van der Waals surface area (Å²) < 4.78 is 0. The van der Waals surface area contributed by atoms with E-state index in [4.69, 9.17) is 5.73 Å². The summed E-state index contributed by atoms with van der Waals surface area (Å²) in [5.41, 5.74) is 6.06. The second kappa shape index (κ2) is 10.2. The molecular weight excluding hydrogens is 318 g/mol. The van der Waals surface area contributed by atoms with Crippen LogP contribution >= 0.6 is 23.7 Å². The van der Waals surface area contributed by atoms with Crippen LogP contribution in [0.2, 0.25) is 0 Å². The van der Waals surface area contributed by atoms with Gasteiger partial charge in [0.05, 0.1) is 5.01 Å². The van der Waals surface area contributed by atoms with Crippen molar-refractivity contribution >= 4 is 29.7 Å². The van der Waals surface area contributed by atoms with Gasteiger partial charge in [-0.2, -0.15) is 0 Å². The number of amides is 1. The zero-order valence-corrected chi connectivity index (χ0v) is 15.0. The van der Waals surface area contributed by atoms with E-state index in [1.165, 1.54) is 43.4 Å². The molecule has 1 aliphatic carbocycles. The first kappa shape index (κ1) is 19.4. The van der Waals surface area contributed by atoms with Crippen molar-refractivity contribution in [1.82, 2.24) is 10.3 Å². The van der Waals surface area contributed by atoms with Crippen molar-refractivity contribution in [3.63, 3.8) is 0 Å². The second-order valence-electron chi connectivity index (χ2n) is 6.00. The summed E-state index contributed by atoms with van der Waals surface area (Å²) in [7, 11) is 0. The number of hydrogen-bond donors (Lipinski definition) is 2. The van der Waals surface area contributed by atoms with Gasteiger partial charge in [-0.3, -0.25) is 4.79 Å². The SMILES string of the molecule is CCCCC1CCC(NC(=O)c2csc(CCN)n2)CC1.Cl. The van der Waals surface area contributed by atoms with Crippen LogP contribution in [-0.2, 0) is 6.42 Å². The Hall–Kier alpha value is -0.650. The van der Waals surface area contributed by atoms with Crippen LogP contribution in [0.1, 0.15) is 67.4 Å².